The number of hydrogen-bond donors (Lipinski definition) is 0. The van der Waals surface area contributed by atoms with Gasteiger partial charge >= 0.3 is 6.18 Å². The van der Waals surface area contributed by atoms with Gasteiger partial charge < -0.3 is 4.90 Å². The van der Waals surface area contributed by atoms with Crippen LogP contribution in [0.5, 0.6) is 0 Å². The van der Waals surface area contributed by atoms with Crippen LogP contribution >= 0.6 is 11.6 Å². The molecule has 7 rings (SSSR count). The van der Waals surface area contributed by atoms with Gasteiger partial charge in [-0.3, -0.25) is 9.47 Å². The maximum absolute atomic E-state index is 14.6. The van der Waals surface area contributed by atoms with Crippen LogP contribution in [-0.4, -0.2) is 61.5 Å². The van der Waals surface area contributed by atoms with Gasteiger partial charge in [-0.25, -0.2) is 14.4 Å². The molecular weight excluding hydrogens is 510 g/mol. The van der Waals surface area contributed by atoms with E-state index in [0.29, 0.717) is 45.6 Å². The van der Waals surface area contributed by atoms with Crippen molar-refractivity contribution in [1.29, 1.82) is 0 Å². The number of anilines is 1. The zero-order chi connectivity index (χ0) is 25.6. The van der Waals surface area contributed by atoms with Gasteiger partial charge in [-0.05, 0) is 56.2 Å². The number of aromatic nitrogens is 5. The number of halogens is 5. The van der Waals surface area contributed by atoms with E-state index in [-0.39, 0.29) is 17.3 Å². The Bertz CT molecular complexity index is 1310. The van der Waals surface area contributed by atoms with Gasteiger partial charge in [0.2, 0.25) is 5.95 Å². The predicted molar refractivity (Wildman–Crippen MR) is 128 cm³/mol. The van der Waals surface area contributed by atoms with Crippen LogP contribution in [0.15, 0.2) is 28.9 Å². The minimum atomic E-state index is -4.49. The molecule has 0 N–H and O–H groups in total. The van der Waals surface area contributed by atoms with Crippen molar-refractivity contribution < 1.29 is 17.6 Å². The Labute approximate surface area is 216 Å². The molecular formula is C25H26ClF4N7. The van der Waals surface area contributed by atoms with E-state index in [2.05, 4.69) is 29.6 Å². The first-order chi connectivity index (χ1) is 17.6. The molecule has 0 bridgehead atoms. The Kier molecular flexibility index (Phi) is 5.09. The first-order valence-electron chi connectivity index (χ1n) is 12.7. The first kappa shape index (κ1) is 23.6. The molecule has 37 heavy (non-hydrogen) atoms. The van der Waals surface area contributed by atoms with Crippen LogP contribution in [0.25, 0.3) is 5.70 Å². The van der Waals surface area contributed by atoms with E-state index in [1.807, 2.05) is 11.0 Å². The first-order valence-corrected chi connectivity index (χ1v) is 13.1. The van der Waals surface area contributed by atoms with Crippen molar-refractivity contribution in [3.63, 3.8) is 0 Å². The van der Waals surface area contributed by atoms with Crippen LogP contribution in [-0.2, 0) is 12.7 Å². The molecule has 0 unspecified atom stereocenters. The molecule has 12 heteroatoms. The molecule has 2 aliphatic heterocycles. The summed E-state index contributed by atoms with van der Waals surface area (Å²) in [5, 5.41) is 9.95. The Hall–Kier alpha value is -2.53. The minimum absolute atomic E-state index is 0.0327. The molecule has 2 saturated carbocycles. The zero-order valence-electron chi connectivity index (χ0n) is 20.1. The summed E-state index contributed by atoms with van der Waals surface area (Å²) < 4.78 is 56.0. The quantitative estimate of drug-likeness (QED) is 0.518. The highest BCUT2D eigenvalue weighted by Gasteiger charge is 2.55. The van der Waals surface area contributed by atoms with Gasteiger partial charge in [0.05, 0.1) is 6.54 Å². The smallest absolute Gasteiger partial charge is 0.340 e. The fraction of sp³-hybridized carbons (Fsp3) is 0.600. The van der Waals surface area contributed by atoms with Crippen molar-refractivity contribution >= 4 is 23.2 Å². The molecule has 3 aliphatic carbocycles. The summed E-state index contributed by atoms with van der Waals surface area (Å²) in [5.41, 5.74) is 0.271. The predicted octanol–water partition coefficient (Wildman–Crippen LogP) is 4.92. The van der Waals surface area contributed by atoms with Crippen LogP contribution in [0.2, 0.25) is 0 Å². The van der Waals surface area contributed by atoms with Gasteiger partial charge in [-0.2, -0.15) is 13.2 Å². The Morgan fingerprint density at radius 1 is 1.08 bits per heavy atom. The SMILES string of the molecule is FC1(CN2CC3=C(CCC(Cl)=C3)n3c(nnc3C3CC4(C3)CN(c3nccc(C(F)(F)F)n3)C4)C2)CC1. The average Bonchev–Trinajstić information content (AvgIpc) is 3.41. The maximum Gasteiger partial charge on any atom is 0.433 e. The van der Waals surface area contributed by atoms with Crippen molar-refractivity contribution in [2.24, 2.45) is 5.41 Å². The zero-order valence-corrected chi connectivity index (χ0v) is 20.9. The lowest BCUT2D eigenvalue weighted by Gasteiger charge is -2.58. The lowest BCUT2D eigenvalue weighted by molar-refractivity contribution is -0.141. The van der Waals surface area contributed by atoms with Crippen LogP contribution < -0.4 is 4.90 Å². The number of allylic oxidation sites excluding steroid dienone is 2. The van der Waals surface area contributed by atoms with Crippen molar-refractivity contribution in [2.45, 2.75) is 62.8 Å². The van der Waals surface area contributed by atoms with E-state index in [1.165, 1.54) is 6.20 Å². The van der Waals surface area contributed by atoms with Crippen molar-refractivity contribution in [2.75, 3.05) is 31.1 Å². The summed E-state index contributed by atoms with van der Waals surface area (Å²) in [6, 6.07) is 0.894. The molecule has 2 aromatic rings. The highest BCUT2D eigenvalue weighted by molar-refractivity contribution is 6.30. The number of fused-ring (bicyclic) bond motifs is 2. The van der Waals surface area contributed by atoms with E-state index in [0.717, 1.165) is 59.7 Å². The minimum Gasteiger partial charge on any atom is -0.340 e. The standard InChI is InChI=1S/C25H26ClF4N7/c26-17-1-2-18-15(7-17)10-35(14-24(27)4-5-24)11-20-33-34-21(37(18)20)16-8-23(9-16)12-36(13-23)22-31-6-3-19(32-22)25(28,29)30/h3,6-7,16H,1-2,4-5,8-14H2. The summed E-state index contributed by atoms with van der Waals surface area (Å²) in [6.45, 7) is 2.82. The third-order valence-electron chi connectivity index (χ3n) is 8.38. The largest absolute Gasteiger partial charge is 0.433 e. The second kappa shape index (κ2) is 7.99. The van der Waals surface area contributed by atoms with Gasteiger partial charge in [0, 0.05) is 54.4 Å². The van der Waals surface area contributed by atoms with Crippen molar-refractivity contribution in [3.05, 3.63) is 46.3 Å². The fourth-order valence-corrected chi connectivity index (χ4v) is 6.65. The molecule has 1 spiro atoms. The van der Waals surface area contributed by atoms with Gasteiger partial charge in [-0.1, -0.05) is 11.6 Å². The Balaban J connectivity index is 1.09. The van der Waals surface area contributed by atoms with Gasteiger partial charge in [0.25, 0.3) is 0 Å². The van der Waals surface area contributed by atoms with Crippen LogP contribution in [0.1, 0.15) is 61.8 Å². The Morgan fingerprint density at radius 3 is 2.59 bits per heavy atom. The molecule has 0 aromatic carbocycles. The second-order valence-electron chi connectivity index (χ2n) is 11.4. The summed E-state index contributed by atoms with van der Waals surface area (Å²) in [7, 11) is 0. The average molecular weight is 536 g/mol. The summed E-state index contributed by atoms with van der Waals surface area (Å²) in [6.07, 6.45) is 3.23. The fourth-order valence-electron chi connectivity index (χ4n) is 6.42. The molecule has 0 amide bonds. The summed E-state index contributed by atoms with van der Waals surface area (Å²) in [5.74, 6) is 2.10. The van der Waals surface area contributed by atoms with E-state index in [1.54, 1.807) is 0 Å². The van der Waals surface area contributed by atoms with Crippen molar-refractivity contribution in [1.82, 2.24) is 29.6 Å². The highest BCUT2D eigenvalue weighted by atomic mass is 35.5. The molecule has 0 radical (unpaired) electrons. The topological polar surface area (TPSA) is 63.0 Å². The number of hydrogen-bond acceptors (Lipinski definition) is 6. The number of alkyl halides is 4. The highest BCUT2D eigenvalue weighted by Crippen LogP contribution is 2.56. The summed E-state index contributed by atoms with van der Waals surface area (Å²) >= 11 is 6.40. The maximum atomic E-state index is 14.6. The molecule has 5 aliphatic rings. The Morgan fingerprint density at radius 2 is 1.86 bits per heavy atom. The van der Waals surface area contributed by atoms with Crippen LogP contribution in [0.4, 0.5) is 23.5 Å². The third-order valence-corrected chi connectivity index (χ3v) is 8.68. The van der Waals surface area contributed by atoms with E-state index in [4.69, 9.17) is 11.6 Å². The van der Waals surface area contributed by atoms with E-state index in [9.17, 15) is 17.6 Å². The molecule has 4 heterocycles. The van der Waals surface area contributed by atoms with E-state index >= 15 is 0 Å². The lowest BCUT2D eigenvalue weighted by atomic mass is 9.57. The molecule has 1 saturated heterocycles. The second-order valence-corrected chi connectivity index (χ2v) is 11.9. The van der Waals surface area contributed by atoms with Crippen LogP contribution in [0, 0.1) is 5.41 Å². The number of rotatable bonds is 4. The molecule has 3 fully saturated rings. The van der Waals surface area contributed by atoms with Gasteiger partial charge in [0.1, 0.15) is 17.2 Å². The normalized spacial score (nSPS) is 24.7. The third kappa shape index (κ3) is 4.14. The summed E-state index contributed by atoms with van der Waals surface area (Å²) in [4.78, 5) is 11.7. The molecule has 196 valence electrons. The van der Waals surface area contributed by atoms with Gasteiger partial charge in [-0.15, -0.1) is 10.2 Å². The lowest BCUT2D eigenvalue weighted by Crippen LogP contribution is -2.62. The van der Waals surface area contributed by atoms with Crippen LogP contribution in [0.3, 0.4) is 0 Å². The number of nitrogens with zero attached hydrogens (tertiary/aromatic N) is 7. The monoisotopic (exact) mass is 535 g/mol. The molecule has 0 atom stereocenters. The molecule has 7 nitrogen and oxygen atoms in total. The molecule has 2 aromatic heterocycles. The van der Waals surface area contributed by atoms with Gasteiger partial charge in [0.15, 0.2) is 5.82 Å². The van der Waals surface area contributed by atoms with Crippen molar-refractivity contribution in [3.8, 4) is 0 Å². The van der Waals surface area contributed by atoms with E-state index < -0.39 is 17.5 Å².